The first-order chi connectivity index (χ1) is 13.2. The Labute approximate surface area is 162 Å². The van der Waals surface area contributed by atoms with E-state index in [0.29, 0.717) is 11.1 Å². The molecule has 0 saturated carbocycles. The number of carbonyl (C=O) groups is 2. The van der Waals surface area contributed by atoms with E-state index in [-0.39, 0.29) is 33.8 Å². The number of aromatic hydroxyl groups is 2. The maximum atomic E-state index is 12.2. The van der Waals surface area contributed by atoms with Crippen molar-refractivity contribution in [3.05, 3.63) is 34.4 Å². The summed E-state index contributed by atoms with van der Waals surface area (Å²) in [7, 11) is 5.11. The average molecular weight is 390 g/mol. The summed E-state index contributed by atoms with van der Waals surface area (Å²) in [5.41, 5.74) is 0.577. The van der Waals surface area contributed by atoms with Crippen molar-refractivity contribution in [2.24, 2.45) is 0 Å². The molecule has 0 heterocycles. The molecule has 2 rings (SSSR count). The number of rotatable bonds is 5. The summed E-state index contributed by atoms with van der Waals surface area (Å²) in [6.45, 7) is 3.20. The van der Waals surface area contributed by atoms with E-state index in [2.05, 4.69) is 0 Å². The second kappa shape index (κ2) is 8.08. The van der Waals surface area contributed by atoms with Gasteiger partial charge in [-0.25, -0.2) is 9.59 Å². The predicted octanol–water partition coefficient (Wildman–Crippen LogP) is 2.97. The van der Waals surface area contributed by atoms with Crippen LogP contribution in [0.4, 0.5) is 0 Å². The molecule has 0 spiro atoms. The van der Waals surface area contributed by atoms with E-state index >= 15 is 0 Å². The fourth-order valence-corrected chi connectivity index (χ4v) is 3.06. The molecule has 0 saturated heterocycles. The van der Waals surface area contributed by atoms with Crippen LogP contribution in [0.15, 0.2) is 12.1 Å². The molecule has 2 N–H and O–H groups in total. The van der Waals surface area contributed by atoms with Gasteiger partial charge in [0.25, 0.3) is 0 Å². The smallest absolute Gasteiger partial charge is 0.341 e. The van der Waals surface area contributed by atoms with Crippen LogP contribution in [-0.4, -0.2) is 50.6 Å². The van der Waals surface area contributed by atoms with Crippen LogP contribution in [0.3, 0.4) is 0 Å². The normalized spacial score (nSPS) is 10.4. The molecule has 0 bridgehead atoms. The zero-order valence-electron chi connectivity index (χ0n) is 16.5. The van der Waals surface area contributed by atoms with Crippen LogP contribution in [0.1, 0.15) is 31.8 Å². The van der Waals surface area contributed by atoms with Crippen LogP contribution in [0.5, 0.6) is 23.0 Å². The van der Waals surface area contributed by atoms with Crippen molar-refractivity contribution in [1.82, 2.24) is 0 Å². The number of hydrogen-bond donors (Lipinski definition) is 2. The molecule has 0 aliphatic heterocycles. The molecule has 150 valence electrons. The Morgan fingerprint density at radius 1 is 0.714 bits per heavy atom. The van der Waals surface area contributed by atoms with Gasteiger partial charge in [0.2, 0.25) is 0 Å². The van der Waals surface area contributed by atoms with Gasteiger partial charge in [-0.2, -0.15) is 0 Å². The van der Waals surface area contributed by atoms with Crippen LogP contribution < -0.4 is 9.47 Å². The largest absolute Gasteiger partial charge is 0.506 e. The minimum Gasteiger partial charge on any atom is -0.506 e. The lowest BCUT2D eigenvalue weighted by molar-refractivity contribution is 0.0586. The standard InChI is InChI=1S/C20H22O8/c1-9-7-11(25-3)15(17(21)13(9)19(23)27-5)16-12(26-4)8-10(2)14(18(16)22)20(24)28-6/h7-8,21-22H,1-6H3. The number of methoxy groups -OCH3 is 4. The van der Waals surface area contributed by atoms with Crippen molar-refractivity contribution in [2.45, 2.75) is 13.8 Å². The fourth-order valence-electron chi connectivity index (χ4n) is 3.06. The number of aryl methyl sites for hydroxylation is 2. The molecule has 8 heteroatoms. The zero-order chi connectivity index (χ0) is 21.2. The van der Waals surface area contributed by atoms with Gasteiger partial charge in [-0.15, -0.1) is 0 Å². The van der Waals surface area contributed by atoms with Crippen LogP contribution in [0.2, 0.25) is 0 Å². The van der Waals surface area contributed by atoms with Crippen LogP contribution in [0.25, 0.3) is 11.1 Å². The molecular weight excluding hydrogens is 368 g/mol. The minimum atomic E-state index is -0.766. The van der Waals surface area contributed by atoms with Crippen molar-refractivity contribution >= 4 is 11.9 Å². The first-order valence-corrected chi connectivity index (χ1v) is 8.21. The van der Waals surface area contributed by atoms with Gasteiger partial charge in [0.15, 0.2) is 0 Å². The Balaban J connectivity index is 3.02. The number of esters is 2. The van der Waals surface area contributed by atoms with Crippen LogP contribution in [-0.2, 0) is 9.47 Å². The van der Waals surface area contributed by atoms with Gasteiger partial charge < -0.3 is 29.2 Å². The maximum absolute atomic E-state index is 12.2. The topological polar surface area (TPSA) is 112 Å². The monoisotopic (exact) mass is 390 g/mol. The van der Waals surface area contributed by atoms with E-state index in [0.717, 1.165) is 0 Å². The molecule has 0 aliphatic carbocycles. The van der Waals surface area contributed by atoms with E-state index < -0.39 is 23.4 Å². The number of ether oxygens (including phenoxy) is 4. The second-order valence-electron chi connectivity index (χ2n) is 5.97. The van der Waals surface area contributed by atoms with E-state index in [9.17, 15) is 19.8 Å². The van der Waals surface area contributed by atoms with Gasteiger partial charge in [0, 0.05) is 0 Å². The van der Waals surface area contributed by atoms with Gasteiger partial charge in [0.1, 0.15) is 34.1 Å². The molecule has 0 radical (unpaired) electrons. The molecule has 2 aromatic rings. The van der Waals surface area contributed by atoms with Gasteiger partial charge in [-0.05, 0) is 37.1 Å². The fraction of sp³-hybridized carbons (Fsp3) is 0.300. The molecule has 0 atom stereocenters. The summed E-state index contributed by atoms with van der Waals surface area (Å²) in [6.07, 6.45) is 0. The van der Waals surface area contributed by atoms with E-state index in [1.54, 1.807) is 13.8 Å². The summed E-state index contributed by atoms with van der Waals surface area (Å²) in [6, 6.07) is 3.02. The summed E-state index contributed by atoms with van der Waals surface area (Å²) < 4.78 is 20.2. The quantitative estimate of drug-likeness (QED) is 0.750. The maximum Gasteiger partial charge on any atom is 0.341 e. The SMILES string of the molecule is COC(=O)c1c(C)cc(OC)c(-c2c(OC)cc(C)c(C(=O)OC)c2O)c1O. The second-order valence-corrected chi connectivity index (χ2v) is 5.97. The third-order valence-corrected chi connectivity index (χ3v) is 4.39. The van der Waals surface area contributed by atoms with Crippen molar-refractivity contribution in [2.75, 3.05) is 28.4 Å². The highest BCUT2D eigenvalue weighted by molar-refractivity contribution is 6.03. The predicted molar refractivity (Wildman–Crippen MR) is 100 cm³/mol. The lowest BCUT2D eigenvalue weighted by Crippen LogP contribution is -2.08. The van der Waals surface area contributed by atoms with Gasteiger partial charge >= 0.3 is 11.9 Å². The van der Waals surface area contributed by atoms with Crippen molar-refractivity contribution in [1.29, 1.82) is 0 Å². The Morgan fingerprint density at radius 2 is 1.04 bits per heavy atom. The van der Waals surface area contributed by atoms with Crippen molar-refractivity contribution < 1.29 is 38.7 Å². The van der Waals surface area contributed by atoms with Crippen LogP contribution in [0, 0.1) is 13.8 Å². The molecule has 0 fully saturated rings. The third kappa shape index (κ3) is 3.28. The number of phenolic OH excluding ortho intramolecular Hbond substituents is 2. The summed E-state index contributed by atoms with van der Waals surface area (Å²) in [4.78, 5) is 24.3. The Bertz CT molecular complexity index is 869. The third-order valence-electron chi connectivity index (χ3n) is 4.39. The lowest BCUT2D eigenvalue weighted by Gasteiger charge is -2.20. The van der Waals surface area contributed by atoms with Crippen molar-refractivity contribution in [3.63, 3.8) is 0 Å². The number of phenols is 2. The Morgan fingerprint density at radius 3 is 1.29 bits per heavy atom. The molecule has 0 aliphatic rings. The number of carbonyl (C=O) groups excluding carboxylic acids is 2. The Kier molecular flexibility index (Phi) is 6.03. The average Bonchev–Trinajstić information content (AvgIpc) is 2.67. The molecule has 28 heavy (non-hydrogen) atoms. The highest BCUT2D eigenvalue weighted by atomic mass is 16.5. The summed E-state index contributed by atoms with van der Waals surface area (Å²) in [5, 5.41) is 21.7. The Hall–Kier alpha value is -3.42. The first kappa shape index (κ1) is 20.9. The molecule has 2 aromatic carbocycles. The van der Waals surface area contributed by atoms with E-state index in [1.807, 2.05) is 0 Å². The van der Waals surface area contributed by atoms with E-state index in [4.69, 9.17) is 18.9 Å². The van der Waals surface area contributed by atoms with Crippen molar-refractivity contribution in [3.8, 4) is 34.1 Å². The summed E-state index contributed by atoms with van der Waals surface area (Å²) >= 11 is 0. The molecular formula is C20H22O8. The number of benzene rings is 2. The molecule has 0 amide bonds. The lowest BCUT2D eigenvalue weighted by atomic mass is 9.92. The number of hydrogen-bond acceptors (Lipinski definition) is 8. The van der Waals surface area contributed by atoms with Gasteiger partial charge in [-0.1, -0.05) is 0 Å². The van der Waals surface area contributed by atoms with Crippen LogP contribution >= 0.6 is 0 Å². The highest BCUT2D eigenvalue weighted by Gasteiger charge is 2.30. The van der Waals surface area contributed by atoms with Gasteiger partial charge in [0.05, 0.1) is 39.6 Å². The minimum absolute atomic E-state index is 0.0204. The zero-order valence-corrected chi connectivity index (χ0v) is 16.5. The van der Waals surface area contributed by atoms with Gasteiger partial charge in [-0.3, -0.25) is 0 Å². The highest BCUT2D eigenvalue weighted by Crippen LogP contribution is 2.51. The first-order valence-electron chi connectivity index (χ1n) is 8.21. The molecule has 0 unspecified atom stereocenters. The summed E-state index contributed by atoms with van der Waals surface area (Å²) in [5.74, 6) is -2.16. The van der Waals surface area contributed by atoms with E-state index in [1.165, 1.54) is 40.6 Å². The molecule has 8 nitrogen and oxygen atoms in total. The molecule has 0 aromatic heterocycles.